The average Bonchev–Trinajstić information content (AvgIpc) is 2.41. The van der Waals surface area contributed by atoms with Crippen molar-refractivity contribution in [2.24, 2.45) is 0 Å². The predicted octanol–water partition coefficient (Wildman–Crippen LogP) is 2.67. The molecule has 1 fully saturated rings. The molecule has 0 heterocycles. The van der Waals surface area contributed by atoms with E-state index in [9.17, 15) is 9.90 Å². The number of rotatable bonds is 3. The fourth-order valence-electron chi connectivity index (χ4n) is 2.48. The molecule has 1 aliphatic carbocycles. The summed E-state index contributed by atoms with van der Waals surface area (Å²) in [4.78, 5) is 11.9. The highest BCUT2D eigenvalue weighted by molar-refractivity contribution is 5.89. The first-order valence-electron chi connectivity index (χ1n) is 7.03. The van der Waals surface area contributed by atoms with Gasteiger partial charge in [0, 0.05) is 5.69 Å². The standard InChI is InChI=1S/C15H22N2O2/c1-2-11-6-5-7-12(10-11)16-15(19)17-13-8-3-4-9-14(13)18/h5-7,10,13-14,18H,2-4,8-9H2,1H3,(H2,16,17,19). The molecule has 3 N–H and O–H groups in total. The van der Waals surface area contributed by atoms with E-state index in [-0.39, 0.29) is 12.1 Å². The second-order valence-corrected chi connectivity index (χ2v) is 5.11. The summed E-state index contributed by atoms with van der Waals surface area (Å²) in [5.74, 6) is 0. The third kappa shape index (κ3) is 3.96. The van der Waals surface area contributed by atoms with Crippen LogP contribution < -0.4 is 10.6 Å². The average molecular weight is 262 g/mol. The van der Waals surface area contributed by atoms with Crippen LogP contribution in [0.3, 0.4) is 0 Å². The largest absolute Gasteiger partial charge is 0.391 e. The SMILES string of the molecule is CCc1cccc(NC(=O)NC2CCCCC2O)c1. The molecule has 19 heavy (non-hydrogen) atoms. The van der Waals surface area contributed by atoms with Crippen molar-refractivity contribution in [1.82, 2.24) is 5.32 Å². The fraction of sp³-hybridized carbons (Fsp3) is 0.533. The van der Waals surface area contributed by atoms with E-state index in [0.29, 0.717) is 0 Å². The van der Waals surface area contributed by atoms with Crippen molar-refractivity contribution >= 4 is 11.7 Å². The summed E-state index contributed by atoms with van der Waals surface area (Å²) in [7, 11) is 0. The van der Waals surface area contributed by atoms with E-state index in [1.54, 1.807) is 0 Å². The zero-order chi connectivity index (χ0) is 13.7. The molecule has 1 saturated carbocycles. The van der Waals surface area contributed by atoms with Crippen molar-refractivity contribution in [3.63, 3.8) is 0 Å². The number of aryl methyl sites for hydroxylation is 1. The fourth-order valence-corrected chi connectivity index (χ4v) is 2.48. The quantitative estimate of drug-likeness (QED) is 0.784. The van der Waals surface area contributed by atoms with Gasteiger partial charge in [0.05, 0.1) is 12.1 Å². The Kier molecular flexibility index (Phi) is 4.80. The van der Waals surface area contributed by atoms with Gasteiger partial charge in [-0.05, 0) is 37.0 Å². The summed E-state index contributed by atoms with van der Waals surface area (Å²) < 4.78 is 0. The summed E-state index contributed by atoms with van der Waals surface area (Å²) in [5, 5.41) is 15.5. The second kappa shape index (κ2) is 6.57. The number of aliphatic hydroxyl groups is 1. The van der Waals surface area contributed by atoms with Crippen molar-refractivity contribution in [2.45, 2.75) is 51.2 Å². The Morgan fingerprint density at radius 3 is 2.89 bits per heavy atom. The van der Waals surface area contributed by atoms with Crippen LogP contribution in [-0.2, 0) is 6.42 Å². The highest BCUT2D eigenvalue weighted by Gasteiger charge is 2.24. The van der Waals surface area contributed by atoms with Crippen LogP contribution in [0.1, 0.15) is 38.2 Å². The van der Waals surface area contributed by atoms with E-state index in [1.165, 1.54) is 5.56 Å². The second-order valence-electron chi connectivity index (χ2n) is 5.11. The Hall–Kier alpha value is -1.55. The molecular weight excluding hydrogens is 240 g/mol. The normalized spacial score (nSPS) is 22.8. The minimum atomic E-state index is -0.415. The van der Waals surface area contributed by atoms with Crippen LogP contribution in [0.2, 0.25) is 0 Å². The van der Waals surface area contributed by atoms with Gasteiger partial charge in [0.15, 0.2) is 0 Å². The first-order chi connectivity index (χ1) is 9.19. The summed E-state index contributed by atoms with van der Waals surface area (Å²) in [6.45, 7) is 2.08. The van der Waals surface area contributed by atoms with Crippen molar-refractivity contribution in [1.29, 1.82) is 0 Å². The highest BCUT2D eigenvalue weighted by atomic mass is 16.3. The third-order valence-corrected chi connectivity index (χ3v) is 3.64. The molecule has 2 rings (SSSR count). The van der Waals surface area contributed by atoms with Gasteiger partial charge in [-0.2, -0.15) is 0 Å². The van der Waals surface area contributed by atoms with Gasteiger partial charge >= 0.3 is 6.03 Å². The van der Waals surface area contributed by atoms with E-state index in [1.807, 2.05) is 24.3 Å². The zero-order valence-electron chi connectivity index (χ0n) is 11.4. The first-order valence-corrected chi connectivity index (χ1v) is 7.03. The monoisotopic (exact) mass is 262 g/mol. The topological polar surface area (TPSA) is 61.4 Å². The van der Waals surface area contributed by atoms with Gasteiger partial charge in [-0.15, -0.1) is 0 Å². The number of amides is 2. The Labute approximate surface area is 114 Å². The maximum Gasteiger partial charge on any atom is 0.319 e. The van der Waals surface area contributed by atoms with Crippen LogP contribution >= 0.6 is 0 Å². The molecule has 2 amide bonds. The van der Waals surface area contributed by atoms with E-state index in [4.69, 9.17) is 0 Å². The van der Waals surface area contributed by atoms with Gasteiger partial charge in [-0.25, -0.2) is 4.79 Å². The minimum absolute atomic E-state index is 0.122. The molecule has 1 aromatic rings. The van der Waals surface area contributed by atoms with Crippen LogP contribution in [0, 0.1) is 0 Å². The molecule has 0 saturated heterocycles. The maximum absolute atomic E-state index is 11.9. The molecule has 0 aromatic heterocycles. The van der Waals surface area contributed by atoms with E-state index in [2.05, 4.69) is 17.6 Å². The Bertz CT molecular complexity index is 434. The van der Waals surface area contributed by atoms with Crippen LogP contribution in [0.15, 0.2) is 24.3 Å². The van der Waals surface area contributed by atoms with Crippen LogP contribution in [-0.4, -0.2) is 23.3 Å². The summed E-state index contributed by atoms with van der Waals surface area (Å²) in [6, 6.07) is 7.45. The summed E-state index contributed by atoms with van der Waals surface area (Å²) in [5.41, 5.74) is 1.98. The molecule has 0 spiro atoms. The lowest BCUT2D eigenvalue weighted by atomic mass is 9.93. The molecule has 2 atom stereocenters. The summed E-state index contributed by atoms with van der Waals surface area (Å²) >= 11 is 0. The number of anilines is 1. The minimum Gasteiger partial charge on any atom is -0.391 e. The van der Waals surface area contributed by atoms with Crippen molar-refractivity contribution in [3.8, 4) is 0 Å². The molecule has 2 unspecified atom stereocenters. The number of carbonyl (C=O) groups is 1. The van der Waals surface area contributed by atoms with Gasteiger partial charge < -0.3 is 15.7 Å². The number of hydrogen-bond donors (Lipinski definition) is 3. The van der Waals surface area contributed by atoms with E-state index in [0.717, 1.165) is 37.8 Å². The smallest absolute Gasteiger partial charge is 0.319 e. The molecule has 0 radical (unpaired) electrons. The predicted molar refractivity (Wildman–Crippen MR) is 76.2 cm³/mol. The lowest BCUT2D eigenvalue weighted by Crippen LogP contribution is -2.46. The number of aliphatic hydroxyl groups excluding tert-OH is 1. The van der Waals surface area contributed by atoms with Gasteiger partial charge in [0.1, 0.15) is 0 Å². The Morgan fingerprint density at radius 1 is 1.37 bits per heavy atom. The lowest BCUT2D eigenvalue weighted by Gasteiger charge is -2.28. The molecule has 0 bridgehead atoms. The number of nitrogens with one attached hydrogen (secondary N) is 2. The Morgan fingerprint density at radius 2 is 2.16 bits per heavy atom. The zero-order valence-corrected chi connectivity index (χ0v) is 11.4. The van der Waals surface area contributed by atoms with Crippen molar-refractivity contribution < 1.29 is 9.90 Å². The van der Waals surface area contributed by atoms with E-state index >= 15 is 0 Å². The molecule has 0 aliphatic heterocycles. The highest BCUT2D eigenvalue weighted by Crippen LogP contribution is 2.18. The number of hydrogen-bond acceptors (Lipinski definition) is 2. The van der Waals surface area contributed by atoms with Gasteiger partial charge in [-0.3, -0.25) is 0 Å². The first kappa shape index (κ1) is 13.9. The Balaban J connectivity index is 1.89. The molecule has 1 aliphatic rings. The van der Waals surface area contributed by atoms with Gasteiger partial charge in [0.25, 0.3) is 0 Å². The number of benzene rings is 1. The van der Waals surface area contributed by atoms with Crippen LogP contribution in [0.5, 0.6) is 0 Å². The number of carbonyl (C=O) groups excluding carboxylic acids is 1. The number of urea groups is 1. The van der Waals surface area contributed by atoms with E-state index < -0.39 is 6.10 Å². The summed E-state index contributed by atoms with van der Waals surface area (Å²) in [6.07, 6.45) is 4.26. The molecule has 104 valence electrons. The lowest BCUT2D eigenvalue weighted by molar-refractivity contribution is 0.0955. The molecule has 4 heteroatoms. The third-order valence-electron chi connectivity index (χ3n) is 3.64. The molecular formula is C15H22N2O2. The van der Waals surface area contributed by atoms with Crippen LogP contribution in [0.25, 0.3) is 0 Å². The maximum atomic E-state index is 11.9. The molecule has 4 nitrogen and oxygen atoms in total. The van der Waals surface area contributed by atoms with Crippen molar-refractivity contribution in [2.75, 3.05) is 5.32 Å². The van der Waals surface area contributed by atoms with Gasteiger partial charge in [-0.1, -0.05) is 31.9 Å². The van der Waals surface area contributed by atoms with Gasteiger partial charge in [0.2, 0.25) is 0 Å². The van der Waals surface area contributed by atoms with Crippen molar-refractivity contribution in [3.05, 3.63) is 29.8 Å². The van der Waals surface area contributed by atoms with Crippen LogP contribution in [0.4, 0.5) is 10.5 Å². The molecule has 1 aromatic carbocycles.